The number of hydrogen-bond donors (Lipinski definition) is 0. The average molecular weight is 367 g/mol. The molecule has 0 radical (unpaired) electrons. The Labute approximate surface area is 152 Å². The van der Waals surface area contributed by atoms with Crippen molar-refractivity contribution in [1.82, 2.24) is 9.80 Å². The van der Waals surface area contributed by atoms with Crippen molar-refractivity contribution in [3.63, 3.8) is 0 Å². The molecule has 24 heavy (non-hydrogen) atoms. The van der Waals surface area contributed by atoms with Gasteiger partial charge in [0, 0.05) is 43.3 Å². The van der Waals surface area contributed by atoms with Crippen molar-refractivity contribution < 1.29 is 9.59 Å². The number of carbonyl (C=O) groups is 2. The van der Waals surface area contributed by atoms with Crippen LogP contribution >= 0.6 is 23.4 Å². The van der Waals surface area contributed by atoms with Crippen molar-refractivity contribution in [1.29, 1.82) is 0 Å². The summed E-state index contributed by atoms with van der Waals surface area (Å²) in [4.78, 5) is 28.8. The Balaban J connectivity index is 1.70. The second kappa shape index (κ2) is 7.36. The van der Waals surface area contributed by atoms with E-state index in [9.17, 15) is 9.59 Å². The van der Waals surface area contributed by atoms with Gasteiger partial charge in [-0.15, -0.1) is 23.4 Å². The van der Waals surface area contributed by atoms with Crippen LogP contribution in [0.15, 0.2) is 24.3 Å². The number of halogens is 1. The molecule has 6 heteroatoms. The quantitative estimate of drug-likeness (QED) is 0.772. The van der Waals surface area contributed by atoms with E-state index in [1.165, 1.54) is 0 Å². The van der Waals surface area contributed by atoms with E-state index >= 15 is 0 Å². The summed E-state index contributed by atoms with van der Waals surface area (Å²) in [5.41, 5.74) is 1.91. The van der Waals surface area contributed by atoms with Gasteiger partial charge in [0.05, 0.1) is 4.87 Å². The Morgan fingerprint density at radius 1 is 1.17 bits per heavy atom. The van der Waals surface area contributed by atoms with Gasteiger partial charge in [-0.2, -0.15) is 0 Å². The van der Waals surface area contributed by atoms with E-state index in [4.69, 9.17) is 11.6 Å². The number of likely N-dealkylation sites (tertiary alicyclic amines) is 1. The molecule has 0 aromatic heterocycles. The van der Waals surface area contributed by atoms with Crippen molar-refractivity contribution in [2.45, 2.75) is 31.1 Å². The van der Waals surface area contributed by atoms with E-state index in [1.54, 1.807) is 0 Å². The maximum atomic E-state index is 13.0. The van der Waals surface area contributed by atoms with Crippen molar-refractivity contribution in [3.05, 3.63) is 35.4 Å². The van der Waals surface area contributed by atoms with Gasteiger partial charge >= 0.3 is 0 Å². The summed E-state index contributed by atoms with van der Waals surface area (Å²) in [5, 5.41) is 0. The third-order valence-electron chi connectivity index (χ3n) is 4.93. The fourth-order valence-corrected chi connectivity index (χ4v) is 5.12. The Bertz CT molecular complexity index is 612. The zero-order valence-corrected chi connectivity index (χ0v) is 15.5. The van der Waals surface area contributed by atoms with Gasteiger partial charge in [-0.05, 0) is 31.9 Å². The topological polar surface area (TPSA) is 40.6 Å². The van der Waals surface area contributed by atoms with E-state index in [-0.39, 0.29) is 16.7 Å². The maximum Gasteiger partial charge on any atom is 0.254 e. The number of thioether (sulfide) groups is 1. The molecular formula is C18H23ClN2O2S. The highest BCUT2D eigenvalue weighted by Gasteiger charge is 2.46. The Hall–Kier alpha value is -1.20. The lowest BCUT2D eigenvalue weighted by molar-refractivity contribution is -0.132. The van der Waals surface area contributed by atoms with Crippen LogP contribution in [0, 0.1) is 6.92 Å². The van der Waals surface area contributed by atoms with E-state index < -0.39 is 0 Å². The van der Waals surface area contributed by atoms with Crippen molar-refractivity contribution in [2.75, 3.05) is 31.3 Å². The third kappa shape index (κ3) is 3.42. The molecule has 130 valence electrons. The summed E-state index contributed by atoms with van der Waals surface area (Å²) in [6.45, 7) is 4.23. The molecule has 4 nitrogen and oxygen atoms in total. The monoisotopic (exact) mass is 366 g/mol. The highest BCUT2D eigenvalue weighted by Crippen LogP contribution is 2.44. The SMILES string of the molecule is Cc1ccc(C(=O)N2CCSC23CCN(C(=O)CCCl)CC3)cc1. The van der Waals surface area contributed by atoms with Crippen LogP contribution in [0.1, 0.15) is 35.2 Å². The van der Waals surface area contributed by atoms with Gasteiger partial charge in [-0.3, -0.25) is 9.59 Å². The highest BCUT2D eigenvalue weighted by atomic mass is 35.5. The number of amides is 2. The first-order chi connectivity index (χ1) is 11.6. The second-order valence-corrected chi connectivity index (χ2v) is 8.27. The van der Waals surface area contributed by atoms with Gasteiger partial charge in [0.15, 0.2) is 0 Å². The number of rotatable bonds is 3. The molecular weight excluding hydrogens is 344 g/mol. The lowest BCUT2D eigenvalue weighted by Crippen LogP contribution is -2.53. The number of benzene rings is 1. The summed E-state index contributed by atoms with van der Waals surface area (Å²) < 4.78 is 0. The number of nitrogens with zero attached hydrogens (tertiary/aromatic N) is 2. The Kier molecular flexibility index (Phi) is 5.40. The smallest absolute Gasteiger partial charge is 0.254 e. The largest absolute Gasteiger partial charge is 0.342 e. The molecule has 1 aromatic carbocycles. The van der Waals surface area contributed by atoms with Crippen molar-refractivity contribution in [2.24, 2.45) is 0 Å². The van der Waals surface area contributed by atoms with E-state index in [1.807, 2.05) is 52.8 Å². The van der Waals surface area contributed by atoms with Crippen molar-refractivity contribution in [3.8, 4) is 0 Å². The zero-order chi connectivity index (χ0) is 17.2. The molecule has 0 atom stereocenters. The van der Waals surface area contributed by atoms with Gasteiger partial charge in [0.1, 0.15) is 0 Å². The first kappa shape index (κ1) is 17.6. The Morgan fingerprint density at radius 3 is 2.46 bits per heavy atom. The molecule has 0 saturated carbocycles. The summed E-state index contributed by atoms with van der Waals surface area (Å²) in [5.74, 6) is 1.57. The summed E-state index contributed by atoms with van der Waals surface area (Å²) in [7, 11) is 0. The molecule has 2 amide bonds. The number of carbonyl (C=O) groups excluding carboxylic acids is 2. The molecule has 0 N–H and O–H groups in total. The average Bonchev–Trinajstić information content (AvgIpc) is 2.99. The van der Waals surface area contributed by atoms with E-state index in [0.29, 0.717) is 25.4 Å². The molecule has 1 spiro atoms. The predicted molar refractivity (Wildman–Crippen MR) is 98.6 cm³/mol. The lowest BCUT2D eigenvalue weighted by atomic mass is 10.0. The summed E-state index contributed by atoms with van der Waals surface area (Å²) >= 11 is 7.54. The standard InChI is InChI=1S/C18H23ClN2O2S/c1-14-2-4-15(5-3-14)17(23)21-12-13-24-18(21)7-10-20(11-8-18)16(22)6-9-19/h2-5H,6-13H2,1H3. The van der Waals surface area contributed by atoms with Gasteiger partial charge in [0.2, 0.25) is 5.91 Å². The maximum absolute atomic E-state index is 13.0. The minimum atomic E-state index is -0.153. The molecule has 0 bridgehead atoms. The molecule has 2 aliphatic rings. The van der Waals surface area contributed by atoms with Gasteiger partial charge in [-0.25, -0.2) is 0 Å². The van der Waals surface area contributed by atoms with Crippen LogP contribution < -0.4 is 0 Å². The van der Waals surface area contributed by atoms with Crippen LogP contribution in [0.2, 0.25) is 0 Å². The fraction of sp³-hybridized carbons (Fsp3) is 0.556. The van der Waals surface area contributed by atoms with Crippen LogP contribution in [-0.2, 0) is 4.79 Å². The van der Waals surface area contributed by atoms with Crippen LogP contribution in [0.5, 0.6) is 0 Å². The second-order valence-electron chi connectivity index (χ2n) is 6.44. The molecule has 2 heterocycles. The third-order valence-corrected chi connectivity index (χ3v) is 6.67. The zero-order valence-electron chi connectivity index (χ0n) is 14.0. The van der Waals surface area contributed by atoms with Gasteiger partial charge < -0.3 is 9.80 Å². The van der Waals surface area contributed by atoms with E-state index in [2.05, 4.69) is 0 Å². The minimum Gasteiger partial charge on any atom is -0.342 e. The summed E-state index contributed by atoms with van der Waals surface area (Å²) in [6, 6.07) is 7.79. The Morgan fingerprint density at radius 2 is 1.83 bits per heavy atom. The summed E-state index contributed by atoms with van der Waals surface area (Å²) in [6.07, 6.45) is 2.07. The van der Waals surface area contributed by atoms with Crippen LogP contribution in [0.25, 0.3) is 0 Å². The van der Waals surface area contributed by atoms with Crippen molar-refractivity contribution >= 4 is 35.2 Å². The normalized spacial score (nSPS) is 19.8. The first-order valence-electron chi connectivity index (χ1n) is 8.42. The number of aryl methyl sites for hydroxylation is 1. The molecule has 0 aliphatic carbocycles. The number of piperidine rings is 1. The minimum absolute atomic E-state index is 0.112. The first-order valence-corrected chi connectivity index (χ1v) is 9.94. The number of hydrogen-bond acceptors (Lipinski definition) is 3. The predicted octanol–water partition coefficient (Wildman–Crippen LogP) is 3.13. The van der Waals surface area contributed by atoms with Crippen LogP contribution in [-0.4, -0.2) is 57.8 Å². The number of alkyl halides is 1. The van der Waals surface area contributed by atoms with Crippen LogP contribution in [0.3, 0.4) is 0 Å². The van der Waals surface area contributed by atoms with E-state index in [0.717, 1.165) is 36.3 Å². The molecule has 1 aromatic rings. The molecule has 2 fully saturated rings. The van der Waals surface area contributed by atoms with Crippen LogP contribution in [0.4, 0.5) is 0 Å². The highest BCUT2D eigenvalue weighted by molar-refractivity contribution is 8.00. The molecule has 0 unspecified atom stereocenters. The molecule has 2 saturated heterocycles. The van der Waals surface area contributed by atoms with Gasteiger partial charge in [0.25, 0.3) is 5.91 Å². The van der Waals surface area contributed by atoms with Gasteiger partial charge in [-0.1, -0.05) is 17.7 Å². The molecule has 3 rings (SSSR count). The fourth-order valence-electron chi connectivity index (χ4n) is 3.51. The lowest BCUT2D eigenvalue weighted by Gasteiger charge is -2.44. The molecule has 2 aliphatic heterocycles.